The fraction of sp³-hybridized carbons (Fsp3) is 0.250. The topological polar surface area (TPSA) is 102 Å². The molecule has 1 saturated heterocycles. The molecule has 1 heterocycles. The van der Waals surface area contributed by atoms with Gasteiger partial charge in [0, 0.05) is 12.6 Å². The minimum atomic E-state index is -0.553. The number of imide groups is 1. The summed E-state index contributed by atoms with van der Waals surface area (Å²) in [5.41, 5.74) is 3.30. The van der Waals surface area contributed by atoms with Crippen LogP contribution in [-0.2, 0) is 14.4 Å². The summed E-state index contributed by atoms with van der Waals surface area (Å²) in [6.07, 6.45) is 1.53. The number of benzene rings is 2. The second kappa shape index (κ2) is 10.4. The highest BCUT2D eigenvalue weighted by molar-refractivity contribution is 8.18. The molecule has 3 amide bonds. The number of carbonyl (C=O) groups excluding carboxylic acids is 4. The Morgan fingerprint density at radius 3 is 2.48 bits per heavy atom. The van der Waals surface area contributed by atoms with Crippen LogP contribution >= 0.6 is 11.8 Å². The van der Waals surface area contributed by atoms with Crippen LogP contribution < -0.4 is 14.8 Å². The molecule has 2 aromatic carbocycles. The van der Waals surface area contributed by atoms with Crippen molar-refractivity contribution < 1.29 is 28.7 Å². The third kappa shape index (κ3) is 6.01. The number of anilines is 1. The smallest absolute Gasteiger partial charge is 0.308 e. The first-order chi connectivity index (χ1) is 15.7. The van der Waals surface area contributed by atoms with Crippen molar-refractivity contribution in [1.29, 1.82) is 0 Å². The molecule has 8 nitrogen and oxygen atoms in total. The molecule has 0 bridgehead atoms. The van der Waals surface area contributed by atoms with E-state index in [0.717, 1.165) is 27.8 Å². The Labute approximate surface area is 195 Å². The minimum absolute atomic E-state index is 0.182. The maximum absolute atomic E-state index is 12.8. The first kappa shape index (κ1) is 24.1. The SMILES string of the molecule is CCOc1cc(/C=C2/SC(=O)N(CC(=O)Nc3ccc(C)c(C)c3)C2=O)ccc1OC(C)=O. The van der Waals surface area contributed by atoms with Crippen LogP contribution in [0.1, 0.15) is 30.5 Å². The molecular formula is C24H24N2O6S. The standard InChI is InChI=1S/C24H24N2O6S/c1-5-31-20-11-17(7-9-19(20)32-16(4)27)12-21-23(29)26(24(30)33-21)13-22(28)25-18-8-6-14(2)15(3)10-18/h6-12H,5,13H2,1-4H3,(H,25,28)/b21-12+. The van der Waals surface area contributed by atoms with E-state index < -0.39 is 23.0 Å². The van der Waals surface area contributed by atoms with E-state index in [4.69, 9.17) is 9.47 Å². The van der Waals surface area contributed by atoms with Crippen molar-refractivity contribution in [3.8, 4) is 11.5 Å². The molecule has 1 fully saturated rings. The number of hydrogen-bond acceptors (Lipinski definition) is 7. The third-order valence-corrected chi connectivity index (χ3v) is 5.69. The molecule has 0 unspecified atom stereocenters. The second-order valence-corrected chi connectivity index (χ2v) is 8.34. The van der Waals surface area contributed by atoms with E-state index in [-0.39, 0.29) is 17.2 Å². The van der Waals surface area contributed by atoms with Gasteiger partial charge in [-0.15, -0.1) is 0 Å². The third-order valence-electron chi connectivity index (χ3n) is 4.79. The molecule has 3 rings (SSSR count). The van der Waals surface area contributed by atoms with Gasteiger partial charge in [-0.1, -0.05) is 12.1 Å². The number of ether oxygens (including phenoxy) is 2. The van der Waals surface area contributed by atoms with Gasteiger partial charge in [0.05, 0.1) is 11.5 Å². The molecule has 0 aliphatic carbocycles. The van der Waals surface area contributed by atoms with E-state index in [2.05, 4.69) is 5.32 Å². The molecule has 2 aromatic rings. The zero-order valence-electron chi connectivity index (χ0n) is 18.8. The number of carbonyl (C=O) groups is 4. The Morgan fingerprint density at radius 1 is 1.06 bits per heavy atom. The van der Waals surface area contributed by atoms with Crippen molar-refractivity contribution >= 4 is 46.5 Å². The lowest BCUT2D eigenvalue weighted by Gasteiger charge is -2.13. The molecular weight excluding hydrogens is 444 g/mol. The van der Waals surface area contributed by atoms with Crippen molar-refractivity contribution in [1.82, 2.24) is 4.90 Å². The van der Waals surface area contributed by atoms with Gasteiger partial charge in [-0.2, -0.15) is 0 Å². The van der Waals surface area contributed by atoms with Gasteiger partial charge < -0.3 is 14.8 Å². The number of thioether (sulfide) groups is 1. The molecule has 0 aromatic heterocycles. The van der Waals surface area contributed by atoms with Crippen LogP contribution in [0.25, 0.3) is 6.08 Å². The number of amides is 3. The van der Waals surface area contributed by atoms with Gasteiger partial charge in [-0.3, -0.25) is 24.1 Å². The Bertz CT molecular complexity index is 1160. The van der Waals surface area contributed by atoms with Crippen molar-refractivity contribution in [2.75, 3.05) is 18.5 Å². The lowest BCUT2D eigenvalue weighted by atomic mass is 10.1. The molecule has 33 heavy (non-hydrogen) atoms. The van der Waals surface area contributed by atoms with E-state index in [1.165, 1.54) is 13.0 Å². The molecule has 1 aliphatic heterocycles. The average Bonchev–Trinajstić information content (AvgIpc) is 3.00. The van der Waals surface area contributed by atoms with Gasteiger partial charge in [0.2, 0.25) is 5.91 Å². The molecule has 172 valence electrons. The zero-order valence-corrected chi connectivity index (χ0v) is 19.6. The van der Waals surface area contributed by atoms with Crippen molar-refractivity contribution in [3.05, 3.63) is 58.0 Å². The highest BCUT2D eigenvalue weighted by Crippen LogP contribution is 2.34. The molecule has 0 spiro atoms. The highest BCUT2D eigenvalue weighted by Gasteiger charge is 2.36. The summed E-state index contributed by atoms with van der Waals surface area (Å²) in [5, 5.41) is 2.19. The van der Waals surface area contributed by atoms with Crippen LogP contribution in [0.4, 0.5) is 10.5 Å². The van der Waals surface area contributed by atoms with Gasteiger partial charge in [-0.05, 0) is 79.6 Å². The van der Waals surface area contributed by atoms with E-state index in [1.54, 1.807) is 31.2 Å². The zero-order chi connectivity index (χ0) is 24.1. The first-order valence-corrected chi connectivity index (χ1v) is 11.1. The fourth-order valence-corrected chi connectivity index (χ4v) is 3.91. The lowest BCUT2D eigenvalue weighted by Crippen LogP contribution is -2.36. The highest BCUT2D eigenvalue weighted by atomic mass is 32.2. The Kier molecular flexibility index (Phi) is 7.55. The maximum Gasteiger partial charge on any atom is 0.308 e. The summed E-state index contributed by atoms with van der Waals surface area (Å²) in [7, 11) is 0. The summed E-state index contributed by atoms with van der Waals surface area (Å²) >= 11 is 0.756. The van der Waals surface area contributed by atoms with Crippen LogP contribution in [-0.4, -0.2) is 41.1 Å². The summed E-state index contributed by atoms with van der Waals surface area (Å²) in [6.45, 7) is 6.94. The predicted molar refractivity (Wildman–Crippen MR) is 126 cm³/mol. The fourth-order valence-electron chi connectivity index (χ4n) is 3.07. The number of nitrogens with one attached hydrogen (secondary N) is 1. The van der Waals surface area contributed by atoms with E-state index in [0.29, 0.717) is 23.6 Å². The van der Waals surface area contributed by atoms with Gasteiger partial charge in [0.15, 0.2) is 11.5 Å². The van der Waals surface area contributed by atoms with Gasteiger partial charge >= 0.3 is 5.97 Å². The molecule has 9 heteroatoms. The van der Waals surface area contributed by atoms with Gasteiger partial charge in [-0.25, -0.2) is 0 Å². The molecule has 0 radical (unpaired) electrons. The van der Waals surface area contributed by atoms with Crippen molar-refractivity contribution in [2.24, 2.45) is 0 Å². The maximum atomic E-state index is 12.8. The molecule has 1 aliphatic rings. The normalized spacial score (nSPS) is 14.5. The monoisotopic (exact) mass is 468 g/mol. The Morgan fingerprint density at radius 2 is 1.82 bits per heavy atom. The Hall–Kier alpha value is -3.59. The number of nitrogens with zero attached hydrogens (tertiary/aromatic N) is 1. The summed E-state index contributed by atoms with van der Waals surface area (Å²) in [6, 6.07) is 10.3. The largest absolute Gasteiger partial charge is 0.490 e. The first-order valence-electron chi connectivity index (χ1n) is 10.3. The van der Waals surface area contributed by atoms with Crippen LogP contribution in [0, 0.1) is 13.8 Å². The quantitative estimate of drug-likeness (QED) is 0.367. The number of rotatable bonds is 7. The van der Waals surface area contributed by atoms with E-state index >= 15 is 0 Å². The number of esters is 1. The van der Waals surface area contributed by atoms with Crippen molar-refractivity contribution in [2.45, 2.75) is 27.7 Å². The predicted octanol–water partition coefficient (Wildman–Crippen LogP) is 4.30. The Balaban J connectivity index is 1.73. The van der Waals surface area contributed by atoms with Gasteiger partial charge in [0.1, 0.15) is 6.54 Å². The van der Waals surface area contributed by atoms with Crippen molar-refractivity contribution in [3.63, 3.8) is 0 Å². The summed E-state index contributed by atoms with van der Waals surface area (Å²) < 4.78 is 10.6. The van der Waals surface area contributed by atoms with Crippen LogP contribution in [0.2, 0.25) is 0 Å². The van der Waals surface area contributed by atoms with Gasteiger partial charge in [0.25, 0.3) is 11.1 Å². The second-order valence-electron chi connectivity index (χ2n) is 7.35. The summed E-state index contributed by atoms with van der Waals surface area (Å²) in [5.74, 6) is -0.900. The molecule has 0 atom stereocenters. The van der Waals surface area contributed by atoms with E-state index in [9.17, 15) is 19.2 Å². The molecule has 0 saturated carbocycles. The molecule has 1 N–H and O–H groups in total. The lowest BCUT2D eigenvalue weighted by molar-refractivity contribution is -0.132. The minimum Gasteiger partial charge on any atom is -0.490 e. The van der Waals surface area contributed by atoms with E-state index in [1.807, 2.05) is 26.0 Å². The average molecular weight is 469 g/mol. The van der Waals surface area contributed by atoms with Crippen LogP contribution in [0.5, 0.6) is 11.5 Å². The number of aryl methyl sites for hydroxylation is 2. The summed E-state index contributed by atoms with van der Waals surface area (Å²) in [4.78, 5) is 49.9. The van der Waals surface area contributed by atoms with Crippen LogP contribution in [0.3, 0.4) is 0 Å². The number of hydrogen-bond donors (Lipinski definition) is 1. The van der Waals surface area contributed by atoms with Crippen LogP contribution in [0.15, 0.2) is 41.3 Å².